The molecule has 1 aromatic carbocycles. The lowest BCUT2D eigenvalue weighted by atomic mass is 9.79. The molecule has 2 aromatic heterocycles. The van der Waals surface area contributed by atoms with Gasteiger partial charge in [0.2, 0.25) is 5.88 Å². The van der Waals surface area contributed by atoms with Gasteiger partial charge < -0.3 is 9.64 Å². The van der Waals surface area contributed by atoms with Gasteiger partial charge >= 0.3 is 6.18 Å². The van der Waals surface area contributed by atoms with Crippen LogP contribution in [0.15, 0.2) is 60.0 Å². The number of alkyl halides is 3. The van der Waals surface area contributed by atoms with Crippen molar-refractivity contribution in [3.63, 3.8) is 0 Å². The summed E-state index contributed by atoms with van der Waals surface area (Å²) in [5.74, 6) is -0.0831. The predicted molar refractivity (Wildman–Crippen MR) is 132 cm³/mol. The summed E-state index contributed by atoms with van der Waals surface area (Å²) in [6.07, 6.45) is 1.04. The molecule has 0 unspecified atom stereocenters. The number of benzene rings is 1. The average Bonchev–Trinajstić information content (AvgIpc) is 2.84. The molecule has 0 spiro atoms. The number of rotatable bonds is 7. The Hall–Kier alpha value is -2.76. The fourth-order valence-corrected chi connectivity index (χ4v) is 6.01. The smallest absolute Gasteiger partial charge is 0.417 e. The molecule has 1 aliphatic rings. The number of aromatic nitrogens is 3. The summed E-state index contributed by atoms with van der Waals surface area (Å²) in [6, 6.07) is 8.50. The summed E-state index contributed by atoms with van der Waals surface area (Å²) in [5, 5.41) is -0.314. The van der Waals surface area contributed by atoms with Crippen molar-refractivity contribution in [3.8, 4) is 5.88 Å². The van der Waals surface area contributed by atoms with Crippen LogP contribution in [-0.2, 0) is 21.8 Å². The molecule has 1 saturated carbocycles. The van der Waals surface area contributed by atoms with Crippen molar-refractivity contribution >= 4 is 21.4 Å². The Morgan fingerprint density at radius 3 is 2.51 bits per heavy atom. The SMILES string of the molecule is CN(C)[C@H]1C[C@@H](c2ccc(Cl)c(C(F)(F)F)c2)CC[C@@H]1Oc1ccc(S(=O)(=O)Cc2ccncn2)cn1. The Kier molecular flexibility index (Phi) is 8.05. The first-order valence-electron chi connectivity index (χ1n) is 11.6. The van der Waals surface area contributed by atoms with E-state index in [0.717, 1.165) is 6.07 Å². The van der Waals surface area contributed by atoms with Gasteiger partial charge in [-0.3, -0.25) is 0 Å². The van der Waals surface area contributed by atoms with E-state index in [2.05, 4.69) is 15.0 Å². The first kappa shape index (κ1) is 27.3. The third kappa shape index (κ3) is 6.58. The van der Waals surface area contributed by atoms with E-state index in [-0.39, 0.29) is 39.6 Å². The van der Waals surface area contributed by atoms with Crippen molar-refractivity contribution in [2.24, 2.45) is 0 Å². The molecule has 198 valence electrons. The van der Waals surface area contributed by atoms with Gasteiger partial charge in [-0.25, -0.2) is 23.4 Å². The van der Waals surface area contributed by atoms with E-state index in [1.54, 1.807) is 6.07 Å². The van der Waals surface area contributed by atoms with E-state index in [4.69, 9.17) is 16.3 Å². The Labute approximate surface area is 218 Å². The molecule has 0 radical (unpaired) electrons. The first-order valence-corrected chi connectivity index (χ1v) is 13.6. The van der Waals surface area contributed by atoms with E-state index < -0.39 is 21.6 Å². The Morgan fingerprint density at radius 1 is 1.11 bits per heavy atom. The Balaban J connectivity index is 1.46. The van der Waals surface area contributed by atoms with Gasteiger partial charge in [0.1, 0.15) is 12.4 Å². The summed E-state index contributed by atoms with van der Waals surface area (Å²) in [6.45, 7) is 0. The van der Waals surface area contributed by atoms with Gasteiger partial charge in [-0.1, -0.05) is 17.7 Å². The average molecular weight is 555 g/mol. The highest BCUT2D eigenvalue weighted by Gasteiger charge is 2.37. The number of nitrogens with zero attached hydrogens (tertiary/aromatic N) is 4. The number of pyridine rings is 1. The maximum atomic E-state index is 13.4. The van der Waals surface area contributed by atoms with Crippen molar-refractivity contribution in [3.05, 3.63) is 77.0 Å². The van der Waals surface area contributed by atoms with Crippen LogP contribution in [0.1, 0.15) is 42.0 Å². The molecule has 0 N–H and O–H groups in total. The molecule has 0 saturated heterocycles. The first-order chi connectivity index (χ1) is 17.4. The van der Waals surface area contributed by atoms with Crippen LogP contribution in [0.3, 0.4) is 0 Å². The van der Waals surface area contributed by atoms with Crippen LogP contribution in [0.25, 0.3) is 0 Å². The van der Waals surface area contributed by atoms with Crippen molar-refractivity contribution < 1.29 is 26.3 Å². The van der Waals surface area contributed by atoms with Crippen molar-refractivity contribution in [1.82, 2.24) is 19.9 Å². The summed E-state index contributed by atoms with van der Waals surface area (Å²) in [7, 11) is 0.134. The molecule has 0 amide bonds. The molecule has 4 rings (SSSR count). The normalized spacial score (nSPS) is 20.7. The number of hydrogen-bond acceptors (Lipinski definition) is 7. The fourth-order valence-electron chi connectivity index (χ4n) is 4.57. The summed E-state index contributed by atoms with van der Waals surface area (Å²) < 4.78 is 71.6. The van der Waals surface area contributed by atoms with Crippen molar-refractivity contribution in [2.75, 3.05) is 14.1 Å². The molecular formula is C25H26ClF3N4O3S. The van der Waals surface area contributed by atoms with Crippen LogP contribution in [0, 0.1) is 0 Å². The van der Waals surface area contributed by atoms with E-state index >= 15 is 0 Å². The van der Waals surface area contributed by atoms with Gasteiger partial charge in [0.05, 0.1) is 26.9 Å². The highest BCUT2D eigenvalue weighted by atomic mass is 35.5. The third-order valence-electron chi connectivity index (χ3n) is 6.51. The topological polar surface area (TPSA) is 85.3 Å². The van der Waals surface area contributed by atoms with Crippen molar-refractivity contribution in [1.29, 1.82) is 0 Å². The summed E-state index contributed by atoms with van der Waals surface area (Å²) >= 11 is 5.79. The maximum absolute atomic E-state index is 13.4. The lowest BCUT2D eigenvalue weighted by molar-refractivity contribution is -0.137. The lowest BCUT2D eigenvalue weighted by Crippen LogP contribution is -2.46. The zero-order valence-corrected chi connectivity index (χ0v) is 21.8. The minimum absolute atomic E-state index is 0.0505. The lowest BCUT2D eigenvalue weighted by Gasteiger charge is -2.39. The van der Waals surface area contributed by atoms with Gasteiger partial charge in [-0.05, 0) is 69.1 Å². The predicted octanol–water partition coefficient (Wildman–Crippen LogP) is 5.16. The zero-order valence-electron chi connectivity index (χ0n) is 20.2. The van der Waals surface area contributed by atoms with Crippen LogP contribution in [0.5, 0.6) is 5.88 Å². The van der Waals surface area contributed by atoms with Crippen LogP contribution in [-0.4, -0.2) is 54.5 Å². The van der Waals surface area contributed by atoms with Gasteiger partial charge in [-0.15, -0.1) is 0 Å². The summed E-state index contributed by atoms with van der Waals surface area (Å²) in [5.41, 5.74) is 0.146. The highest BCUT2D eigenvalue weighted by molar-refractivity contribution is 7.90. The van der Waals surface area contributed by atoms with Crippen LogP contribution < -0.4 is 4.74 Å². The number of ether oxygens (including phenoxy) is 1. The largest absolute Gasteiger partial charge is 0.473 e. The fraction of sp³-hybridized carbons (Fsp3) is 0.400. The molecule has 7 nitrogen and oxygen atoms in total. The quantitative estimate of drug-likeness (QED) is 0.398. The monoisotopic (exact) mass is 554 g/mol. The van der Waals surface area contributed by atoms with Gasteiger partial charge in [0, 0.05) is 24.5 Å². The van der Waals surface area contributed by atoms with Crippen LogP contribution >= 0.6 is 11.6 Å². The van der Waals surface area contributed by atoms with Gasteiger partial charge in [-0.2, -0.15) is 13.2 Å². The van der Waals surface area contributed by atoms with Gasteiger partial charge in [0.15, 0.2) is 9.84 Å². The standard InChI is InChI=1S/C25H26ClF3N4O3S/c1-33(2)22-12-17(16-3-6-21(26)20(11-16)25(27,28)29)4-7-23(22)36-24-8-5-19(13-31-24)37(34,35)14-18-9-10-30-15-32-18/h3,5-6,8-11,13,15,17,22-23H,4,7,12,14H2,1-2H3/t17-,22-,23-/m0/s1. The minimum Gasteiger partial charge on any atom is -0.473 e. The number of halogens is 4. The molecule has 37 heavy (non-hydrogen) atoms. The van der Waals surface area contributed by atoms with Crippen molar-refractivity contribution in [2.45, 2.75) is 54.2 Å². The summed E-state index contributed by atoms with van der Waals surface area (Å²) in [4.78, 5) is 14.0. The second kappa shape index (κ2) is 10.9. The molecule has 0 bridgehead atoms. The second-order valence-corrected chi connectivity index (χ2v) is 11.6. The van der Waals surface area contributed by atoms with Gasteiger partial charge in [0.25, 0.3) is 0 Å². The van der Waals surface area contributed by atoms with E-state index in [9.17, 15) is 21.6 Å². The zero-order chi connectivity index (χ0) is 26.8. The number of likely N-dealkylation sites (N-methyl/N-ethyl adjacent to an activating group) is 1. The molecule has 12 heteroatoms. The highest BCUT2D eigenvalue weighted by Crippen LogP contribution is 2.41. The molecule has 2 heterocycles. The van der Waals surface area contributed by atoms with E-state index in [1.807, 2.05) is 19.0 Å². The molecule has 3 aromatic rings. The number of sulfone groups is 1. The van der Waals surface area contributed by atoms with Crippen LogP contribution in [0.2, 0.25) is 5.02 Å². The molecule has 3 atom stereocenters. The Bertz CT molecular complexity index is 1320. The second-order valence-electron chi connectivity index (χ2n) is 9.23. The minimum atomic E-state index is -4.52. The Morgan fingerprint density at radius 2 is 1.89 bits per heavy atom. The third-order valence-corrected chi connectivity index (χ3v) is 8.47. The molecule has 1 fully saturated rings. The number of hydrogen-bond donors (Lipinski definition) is 0. The van der Waals surface area contributed by atoms with E-state index in [0.29, 0.717) is 30.5 Å². The van der Waals surface area contributed by atoms with Crippen LogP contribution in [0.4, 0.5) is 13.2 Å². The molecular weight excluding hydrogens is 529 g/mol. The molecule has 1 aliphatic carbocycles. The maximum Gasteiger partial charge on any atom is 0.417 e. The molecule has 0 aliphatic heterocycles. The van der Waals surface area contributed by atoms with E-state index in [1.165, 1.54) is 43.0 Å².